The summed E-state index contributed by atoms with van der Waals surface area (Å²) >= 11 is 0. The third kappa shape index (κ3) is 2.70. The number of nitrogen functional groups attached to an aromatic ring is 1. The molecule has 0 amide bonds. The highest BCUT2D eigenvalue weighted by Gasteiger charge is 2.10. The Morgan fingerprint density at radius 3 is 2.26 bits per heavy atom. The zero-order valence-corrected chi connectivity index (χ0v) is 11.3. The Labute approximate surface area is 112 Å². The maximum atomic E-state index is 5.95. The highest BCUT2D eigenvalue weighted by Crippen LogP contribution is 2.29. The van der Waals surface area contributed by atoms with Crippen molar-refractivity contribution in [2.45, 2.75) is 0 Å². The van der Waals surface area contributed by atoms with Gasteiger partial charge in [-0.05, 0) is 30.3 Å². The summed E-state index contributed by atoms with van der Waals surface area (Å²) in [7, 11) is 5.12. The van der Waals surface area contributed by atoms with Crippen LogP contribution in [-0.4, -0.2) is 26.3 Å². The van der Waals surface area contributed by atoms with E-state index in [0.29, 0.717) is 17.4 Å². The molecular weight excluding hydrogens is 242 g/mol. The van der Waals surface area contributed by atoms with Crippen molar-refractivity contribution in [3.8, 4) is 11.6 Å². The highest BCUT2D eigenvalue weighted by molar-refractivity contribution is 5.71. The molecule has 0 aliphatic carbocycles. The van der Waals surface area contributed by atoms with E-state index in [4.69, 9.17) is 15.2 Å². The van der Waals surface area contributed by atoms with E-state index < -0.39 is 0 Å². The van der Waals surface area contributed by atoms with Crippen molar-refractivity contribution in [1.29, 1.82) is 0 Å². The average Bonchev–Trinajstić information content (AvgIpc) is 2.47. The number of anilines is 3. The first-order valence-corrected chi connectivity index (χ1v) is 5.84. The van der Waals surface area contributed by atoms with E-state index in [0.717, 1.165) is 11.4 Å². The summed E-state index contributed by atoms with van der Waals surface area (Å²) < 4.78 is 10.3. The predicted octanol–water partition coefficient (Wildman–Crippen LogP) is 2.45. The smallest absolute Gasteiger partial charge is 0.215 e. The van der Waals surface area contributed by atoms with E-state index in [1.54, 1.807) is 26.4 Å². The number of pyridine rings is 1. The molecule has 0 aliphatic rings. The molecule has 5 nitrogen and oxygen atoms in total. The van der Waals surface area contributed by atoms with Crippen LogP contribution in [0, 0.1) is 0 Å². The second kappa shape index (κ2) is 5.48. The molecule has 0 radical (unpaired) electrons. The van der Waals surface area contributed by atoms with Gasteiger partial charge in [0.15, 0.2) is 5.82 Å². The third-order valence-electron chi connectivity index (χ3n) is 2.87. The number of hydrogen-bond donors (Lipinski definition) is 1. The number of nitrogens with zero attached hydrogens (tertiary/aromatic N) is 2. The molecule has 5 heteroatoms. The molecule has 0 aliphatic heterocycles. The molecule has 1 aromatic heterocycles. The number of methoxy groups -OCH3 is 2. The van der Waals surface area contributed by atoms with Crippen molar-refractivity contribution in [3.63, 3.8) is 0 Å². The molecule has 100 valence electrons. The van der Waals surface area contributed by atoms with Gasteiger partial charge in [-0.2, -0.15) is 4.98 Å². The van der Waals surface area contributed by atoms with E-state index in [1.807, 2.05) is 36.2 Å². The first kappa shape index (κ1) is 13.0. The Kier molecular flexibility index (Phi) is 3.75. The van der Waals surface area contributed by atoms with Crippen LogP contribution in [0.15, 0.2) is 36.4 Å². The van der Waals surface area contributed by atoms with Crippen molar-refractivity contribution in [3.05, 3.63) is 36.4 Å². The number of benzene rings is 1. The molecule has 0 bridgehead atoms. The lowest BCUT2D eigenvalue weighted by Crippen LogP contribution is -2.13. The molecule has 2 aromatic rings. The summed E-state index contributed by atoms with van der Waals surface area (Å²) in [5.74, 6) is 2.00. The SMILES string of the molecule is COc1ccc(N(C)c2nc(OC)ccc2N)cc1. The van der Waals surface area contributed by atoms with Gasteiger partial charge in [0.25, 0.3) is 0 Å². The molecule has 1 heterocycles. The van der Waals surface area contributed by atoms with E-state index in [9.17, 15) is 0 Å². The van der Waals surface area contributed by atoms with Crippen LogP contribution >= 0.6 is 0 Å². The lowest BCUT2D eigenvalue weighted by molar-refractivity contribution is 0.398. The fourth-order valence-corrected chi connectivity index (χ4v) is 1.75. The number of aromatic nitrogens is 1. The van der Waals surface area contributed by atoms with E-state index in [1.165, 1.54) is 0 Å². The van der Waals surface area contributed by atoms with Gasteiger partial charge in [0.2, 0.25) is 5.88 Å². The first-order valence-electron chi connectivity index (χ1n) is 5.84. The number of ether oxygens (including phenoxy) is 2. The quantitative estimate of drug-likeness (QED) is 0.913. The maximum absolute atomic E-state index is 5.95. The van der Waals surface area contributed by atoms with Gasteiger partial charge in [0, 0.05) is 18.8 Å². The van der Waals surface area contributed by atoms with E-state index in [-0.39, 0.29) is 0 Å². The van der Waals surface area contributed by atoms with Crippen LogP contribution in [-0.2, 0) is 0 Å². The molecule has 2 N–H and O–H groups in total. The predicted molar refractivity (Wildman–Crippen MR) is 76.3 cm³/mol. The van der Waals surface area contributed by atoms with Crippen molar-refractivity contribution in [2.75, 3.05) is 31.9 Å². The maximum Gasteiger partial charge on any atom is 0.215 e. The highest BCUT2D eigenvalue weighted by atomic mass is 16.5. The summed E-state index contributed by atoms with van der Waals surface area (Å²) in [4.78, 5) is 6.26. The van der Waals surface area contributed by atoms with Crippen LogP contribution in [0.1, 0.15) is 0 Å². The van der Waals surface area contributed by atoms with Crippen LogP contribution < -0.4 is 20.1 Å². The molecule has 0 fully saturated rings. The monoisotopic (exact) mass is 259 g/mol. The van der Waals surface area contributed by atoms with Gasteiger partial charge < -0.3 is 20.1 Å². The zero-order valence-electron chi connectivity index (χ0n) is 11.3. The third-order valence-corrected chi connectivity index (χ3v) is 2.87. The molecule has 0 unspecified atom stereocenters. The van der Waals surface area contributed by atoms with Gasteiger partial charge in [0.05, 0.1) is 19.9 Å². The van der Waals surface area contributed by atoms with Gasteiger partial charge >= 0.3 is 0 Å². The number of nitrogens with two attached hydrogens (primary N) is 1. The summed E-state index contributed by atoms with van der Waals surface area (Å²) in [5.41, 5.74) is 7.52. The van der Waals surface area contributed by atoms with Crippen molar-refractivity contribution in [2.24, 2.45) is 0 Å². The lowest BCUT2D eigenvalue weighted by Gasteiger charge is -2.20. The molecule has 19 heavy (non-hydrogen) atoms. The van der Waals surface area contributed by atoms with Gasteiger partial charge in [0.1, 0.15) is 5.75 Å². The minimum atomic E-state index is 0.532. The van der Waals surface area contributed by atoms with Crippen molar-refractivity contribution < 1.29 is 9.47 Å². The molecule has 0 saturated carbocycles. The summed E-state index contributed by atoms with van der Waals surface area (Å²) in [5, 5.41) is 0. The summed E-state index contributed by atoms with van der Waals surface area (Å²) in [6.45, 7) is 0. The van der Waals surface area contributed by atoms with Gasteiger partial charge in [-0.3, -0.25) is 0 Å². The molecule has 0 spiro atoms. The lowest BCUT2D eigenvalue weighted by atomic mass is 10.2. The Hall–Kier alpha value is -2.43. The van der Waals surface area contributed by atoms with Crippen LogP contribution in [0.4, 0.5) is 17.2 Å². The second-order valence-electron chi connectivity index (χ2n) is 4.02. The van der Waals surface area contributed by atoms with Gasteiger partial charge in [-0.25, -0.2) is 0 Å². The number of hydrogen-bond acceptors (Lipinski definition) is 5. The molecule has 2 rings (SSSR count). The Morgan fingerprint density at radius 2 is 1.68 bits per heavy atom. The Balaban J connectivity index is 2.34. The minimum absolute atomic E-state index is 0.532. The van der Waals surface area contributed by atoms with Crippen LogP contribution in [0.25, 0.3) is 0 Å². The zero-order chi connectivity index (χ0) is 13.8. The fourth-order valence-electron chi connectivity index (χ4n) is 1.75. The number of rotatable bonds is 4. The average molecular weight is 259 g/mol. The standard InChI is InChI=1S/C14H17N3O2/c1-17(10-4-6-11(18-2)7-5-10)14-12(15)8-9-13(16-14)19-3/h4-9H,15H2,1-3H3. The van der Waals surface area contributed by atoms with Crippen molar-refractivity contribution in [1.82, 2.24) is 4.98 Å². The largest absolute Gasteiger partial charge is 0.497 e. The summed E-state index contributed by atoms with van der Waals surface area (Å²) in [6, 6.07) is 11.2. The molecule has 0 saturated heterocycles. The Morgan fingerprint density at radius 1 is 1.00 bits per heavy atom. The Bertz CT molecular complexity index is 555. The molecular formula is C14H17N3O2. The first-order chi connectivity index (χ1) is 9.15. The normalized spacial score (nSPS) is 10.1. The second-order valence-corrected chi connectivity index (χ2v) is 4.02. The van der Waals surface area contributed by atoms with Gasteiger partial charge in [-0.1, -0.05) is 0 Å². The van der Waals surface area contributed by atoms with Gasteiger partial charge in [-0.15, -0.1) is 0 Å². The van der Waals surface area contributed by atoms with Crippen LogP contribution in [0.2, 0.25) is 0 Å². The van der Waals surface area contributed by atoms with Crippen LogP contribution in [0.3, 0.4) is 0 Å². The molecule has 1 aromatic carbocycles. The minimum Gasteiger partial charge on any atom is -0.497 e. The van der Waals surface area contributed by atoms with E-state index in [2.05, 4.69) is 4.98 Å². The molecule has 0 atom stereocenters. The van der Waals surface area contributed by atoms with E-state index >= 15 is 0 Å². The summed E-state index contributed by atoms with van der Waals surface area (Å²) in [6.07, 6.45) is 0. The van der Waals surface area contributed by atoms with Crippen LogP contribution in [0.5, 0.6) is 11.6 Å². The fraction of sp³-hybridized carbons (Fsp3) is 0.214. The van der Waals surface area contributed by atoms with Crippen molar-refractivity contribution >= 4 is 17.2 Å². The topological polar surface area (TPSA) is 60.6 Å².